The van der Waals surface area contributed by atoms with Gasteiger partial charge >= 0.3 is 5.97 Å². The predicted octanol–water partition coefficient (Wildman–Crippen LogP) is 4.02. The summed E-state index contributed by atoms with van der Waals surface area (Å²) in [5.41, 5.74) is 8.10. The SMILES string of the molecule is COC(=O)[C@@H]1CN(C(=O)c2ccccc2Sc2ccccc2C#N)C[C@H]1c1cccc(C(=N)N)c1. The fourth-order valence-electron chi connectivity index (χ4n) is 4.30. The number of esters is 1. The molecule has 0 radical (unpaired) electrons. The van der Waals surface area contributed by atoms with Crippen LogP contribution in [-0.2, 0) is 9.53 Å². The Bertz CT molecular complexity index is 1330. The van der Waals surface area contributed by atoms with E-state index in [-0.39, 0.29) is 30.2 Å². The Hall–Kier alpha value is -4.09. The Morgan fingerprint density at radius 3 is 2.49 bits per heavy atom. The minimum Gasteiger partial charge on any atom is -0.469 e. The van der Waals surface area contributed by atoms with Crippen molar-refractivity contribution in [2.24, 2.45) is 11.7 Å². The molecule has 35 heavy (non-hydrogen) atoms. The van der Waals surface area contributed by atoms with Crippen LogP contribution in [0.2, 0.25) is 0 Å². The van der Waals surface area contributed by atoms with Crippen molar-refractivity contribution in [2.45, 2.75) is 15.7 Å². The lowest BCUT2D eigenvalue weighted by Crippen LogP contribution is -2.30. The molecule has 3 N–H and O–H groups in total. The fraction of sp³-hybridized carbons (Fsp3) is 0.185. The molecule has 8 heteroatoms. The number of nitrogens with two attached hydrogens (primary N) is 1. The molecule has 1 heterocycles. The van der Waals surface area contributed by atoms with Crippen LogP contribution in [0.25, 0.3) is 0 Å². The van der Waals surface area contributed by atoms with Crippen LogP contribution in [0, 0.1) is 22.7 Å². The third-order valence-corrected chi connectivity index (χ3v) is 7.23. The lowest BCUT2D eigenvalue weighted by molar-refractivity contribution is -0.145. The number of carbonyl (C=O) groups excluding carboxylic acids is 2. The average molecular weight is 485 g/mol. The van der Waals surface area contributed by atoms with Crippen molar-refractivity contribution in [3.8, 4) is 6.07 Å². The summed E-state index contributed by atoms with van der Waals surface area (Å²) in [5.74, 6) is -1.46. The van der Waals surface area contributed by atoms with E-state index >= 15 is 0 Å². The van der Waals surface area contributed by atoms with Gasteiger partial charge in [0.05, 0.1) is 24.2 Å². The van der Waals surface area contributed by atoms with Crippen molar-refractivity contribution in [2.75, 3.05) is 20.2 Å². The van der Waals surface area contributed by atoms with Gasteiger partial charge in [-0.05, 0) is 35.9 Å². The van der Waals surface area contributed by atoms with Crippen molar-refractivity contribution < 1.29 is 14.3 Å². The van der Waals surface area contributed by atoms with Crippen LogP contribution in [0.4, 0.5) is 0 Å². The van der Waals surface area contributed by atoms with Crippen LogP contribution in [0.5, 0.6) is 0 Å². The van der Waals surface area contributed by atoms with Gasteiger partial charge in [-0.2, -0.15) is 5.26 Å². The van der Waals surface area contributed by atoms with Gasteiger partial charge in [0, 0.05) is 34.4 Å². The van der Waals surface area contributed by atoms with Crippen LogP contribution in [0.15, 0.2) is 82.6 Å². The molecule has 0 unspecified atom stereocenters. The molecule has 2 atom stereocenters. The van der Waals surface area contributed by atoms with Gasteiger partial charge < -0.3 is 15.4 Å². The predicted molar refractivity (Wildman–Crippen MR) is 133 cm³/mol. The number of nitrogens with one attached hydrogen (secondary N) is 1. The summed E-state index contributed by atoms with van der Waals surface area (Å²) in [7, 11) is 1.34. The molecule has 1 aliphatic heterocycles. The van der Waals surface area contributed by atoms with E-state index in [0.29, 0.717) is 23.2 Å². The number of rotatable bonds is 6. The van der Waals surface area contributed by atoms with Gasteiger partial charge in [0.15, 0.2) is 0 Å². The highest BCUT2D eigenvalue weighted by Crippen LogP contribution is 2.37. The molecule has 0 bridgehead atoms. The van der Waals surface area contributed by atoms with Crippen molar-refractivity contribution in [1.82, 2.24) is 4.90 Å². The first-order valence-corrected chi connectivity index (χ1v) is 11.8. The number of amidine groups is 1. The van der Waals surface area contributed by atoms with Crippen molar-refractivity contribution in [3.05, 3.63) is 95.1 Å². The van der Waals surface area contributed by atoms with Crippen molar-refractivity contribution in [1.29, 1.82) is 10.7 Å². The van der Waals surface area contributed by atoms with E-state index < -0.39 is 5.92 Å². The minimum absolute atomic E-state index is 0.0593. The lowest BCUT2D eigenvalue weighted by atomic mass is 9.88. The molecule has 1 fully saturated rings. The molecule has 176 valence electrons. The molecule has 0 aliphatic carbocycles. The van der Waals surface area contributed by atoms with E-state index in [9.17, 15) is 14.9 Å². The number of benzene rings is 3. The second-order valence-corrected chi connectivity index (χ2v) is 9.28. The van der Waals surface area contributed by atoms with E-state index in [0.717, 1.165) is 15.4 Å². The number of nitriles is 1. The number of hydrogen-bond acceptors (Lipinski definition) is 6. The third kappa shape index (κ3) is 5.05. The number of hydrogen-bond donors (Lipinski definition) is 2. The highest BCUT2D eigenvalue weighted by atomic mass is 32.2. The molecule has 4 rings (SSSR count). The Balaban J connectivity index is 1.64. The normalized spacial score (nSPS) is 17.0. The largest absolute Gasteiger partial charge is 0.469 e. The molecule has 3 aromatic carbocycles. The maximum atomic E-state index is 13.7. The van der Waals surface area contributed by atoms with Crippen molar-refractivity contribution in [3.63, 3.8) is 0 Å². The first kappa shape index (κ1) is 24.0. The Kier molecular flexibility index (Phi) is 7.18. The standard InChI is InChI=1S/C27H24N4O3S/c1-34-27(33)22-16-31(15-21(22)17-8-6-9-18(13-17)25(29)30)26(32)20-10-3-5-12-24(20)35-23-11-4-2-7-19(23)14-28/h2-13,21-22H,15-16H2,1H3,(H3,29,30)/t21-,22+/m0/s1. The maximum Gasteiger partial charge on any atom is 0.311 e. The number of amides is 1. The first-order valence-electron chi connectivity index (χ1n) is 11.0. The number of methoxy groups -OCH3 is 1. The molecule has 3 aromatic rings. The summed E-state index contributed by atoms with van der Waals surface area (Å²) in [6.45, 7) is 0.544. The maximum absolute atomic E-state index is 13.7. The molecular formula is C27H24N4O3S. The molecule has 7 nitrogen and oxygen atoms in total. The number of ether oxygens (including phenoxy) is 1. The lowest BCUT2D eigenvalue weighted by Gasteiger charge is -2.19. The van der Waals surface area contributed by atoms with E-state index in [1.807, 2.05) is 30.3 Å². The Morgan fingerprint density at radius 1 is 1.06 bits per heavy atom. The average Bonchev–Trinajstić information content (AvgIpc) is 3.34. The molecular weight excluding hydrogens is 460 g/mol. The molecule has 0 aromatic heterocycles. The van der Waals surface area contributed by atoms with E-state index in [4.69, 9.17) is 15.9 Å². The number of nitrogen functional groups attached to an aromatic ring is 1. The fourth-order valence-corrected chi connectivity index (χ4v) is 5.32. The van der Waals surface area contributed by atoms with Crippen LogP contribution >= 0.6 is 11.8 Å². The van der Waals surface area contributed by atoms with Crippen LogP contribution in [0.3, 0.4) is 0 Å². The number of likely N-dealkylation sites (tertiary alicyclic amines) is 1. The molecule has 0 saturated carbocycles. The summed E-state index contributed by atoms with van der Waals surface area (Å²) in [4.78, 5) is 29.5. The van der Waals surface area contributed by atoms with Gasteiger partial charge in [-0.3, -0.25) is 15.0 Å². The molecule has 1 aliphatic rings. The topological polar surface area (TPSA) is 120 Å². The van der Waals surface area contributed by atoms with E-state index in [2.05, 4.69) is 6.07 Å². The zero-order valence-electron chi connectivity index (χ0n) is 19.1. The zero-order chi connectivity index (χ0) is 24.9. The van der Waals surface area contributed by atoms with Crippen LogP contribution < -0.4 is 5.73 Å². The highest BCUT2D eigenvalue weighted by molar-refractivity contribution is 7.99. The smallest absolute Gasteiger partial charge is 0.311 e. The summed E-state index contributed by atoms with van der Waals surface area (Å²) >= 11 is 1.37. The molecule has 1 saturated heterocycles. The van der Waals surface area contributed by atoms with E-state index in [1.165, 1.54) is 18.9 Å². The number of carbonyl (C=O) groups is 2. The minimum atomic E-state index is -0.537. The zero-order valence-corrected chi connectivity index (χ0v) is 19.9. The number of nitrogens with zero attached hydrogens (tertiary/aromatic N) is 2. The van der Waals surface area contributed by atoms with Gasteiger partial charge in [-0.25, -0.2) is 0 Å². The quantitative estimate of drug-likeness (QED) is 0.310. The summed E-state index contributed by atoms with van der Waals surface area (Å²) in [5, 5.41) is 17.2. The van der Waals surface area contributed by atoms with Crippen LogP contribution in [0.1, 0.15) is 33.0 Å². The van der Waals surface area contributed by atoms with Crippen molar-refractivity contribution >= 4 is 29.5 Å². The molecule has 0 spiro atoms. The van der Waals surface area contributed by atoms with Gasteiger partial charge in [0.1, 0.15) is 11.9 Å². The summed E-state index contributed by atoms with van der Waals surface area (Å²) in [6.07, 6.45) is 0. The van der Waals surface area contributed by atoms with Gasteiger partial charge in [-0.15, -0.1) is 0 Å². The second-order valence-electron chi connectivity index (χ2n) is 8.19. The third-order valence-electron chi connectivity index (χ3n) is 6.08. The molecule has 1 amide bonds. The van der Waals surface area contributed by atoms with E-state index in [1.54, 1.807) is 47.4 Å². The summed E-state index contributed by atoms with van der Waals surface area (Å²) in [6, 6.07) is 23.9. The van der Waals surface area contributed by atoms with Gasteiger partial charge in [-0.1, -0.05) is 54.2 Å². The van der Waals surface area contributed by atoms with Gasteiger partial charge in [0.2, 0.25) is 0 Å². The summed E-state index contributed by atoms with van der Waals surface area (Å²) < 4.78 is 5.05. The first-order chi connectivity index (χ1) is 16.9. The monoisotopic (exact) mass is 484 g/mol. The highest BCUT2D eigenvalue weighted by Gasteiger charge is 2.41. The van der Waals surface area contributed by atoms with Gasteiger partial charge in [0.25, 0.3) is 5.91 Å². The second kappa shape index (κ2) is 10.5. The Labute approximate surface area is 208 Å². The Morgan fingerprint density at radius 2 is 1.77 bits per heavy atom. The van der Waals surface area contributed by atoms with Crippen LogP contribution in [-0.4, -0.2) is 42.8 Å².